The molecule has 5 nitrogen and oxygen atoms in total. The van der Waals surface area contributed by atoms with Crippen molar-refractivity contribution in [3.8, 4) is 0 Å². The predicted molar refractivity (Wildman–Crippen MR) is 120 cm³/mol. The van der Waals surface area contributed by atoms with Crippen molar-refractivity contribution < 1.29 is 14.9 Å². The minimum Gasteiger partial charge on any atom is -0.396 e. The molecule has 1 atom stereocenters. The topological polar surface area (TPSA) is 65.8 Å². The van der Waals surface area contributed by atoms with Gasteiger partial charge in [0.15, 0.2) is 0 Å². The van der Waals surface area contributed by atoms with Crippen LogP contribution in [0.3, 0.4) is 0 Å². The summed E-state index contributed by atoms with van der Waals surface area (Å²) in [6, 6.07) is 12.3. The number of benzene rings is 1. The van der Waals surface area contributed by atoms with Gasteiger partial charge in [-0.25, -0.2) is 0 Å². The zero-order valence-corrected chi connectivity index (χ0v) is 17.8. The molecule has 0 saturated carbocycles. The van der Waals surface area contributed by atoms with E-state index in [1.54, 1.807) is 0 Å². The van der Waals surface area contributed by atoms with E-state index in [-0.39, 0.29) is 19.1 Å². The third-order valence-corrected chi connectivity index (χ3v) is 5.05. The van der Waals surface area contributed by atoms with Crippen LogP contribution in [0, 0.1) is 18.8 Å². The van der Waals surface area contributed by atoms with E-state index in [9.17, 15) is 10.2 Å². The van der Waals surface area contributed by atoms with Crippen LogP contribution in [0.2, 0.25) is 0 Å². The largest absolute Gasteiger partial charge is 0.396 e. The lowest BCUT2D eigenvalue weighted by Gasteiger charge is -2.25. The van der Waals surface area contributed by atoms with Gasteiger partial charge in [-0.2, -0.15) is 0 Å². The maximum atomic E-state index is 9.41. The standard InChI is InChI=1S/C24H34N2O3/c1-19(2)23(17-28)18-29-15-13-26(12-14-27)24-10-8-21(9-11-24)6-7-22-5-4-20(3)25-16-22/h4-11,16,19,23,27-28H,12-15,17-18H2,1-3H3. The molecule has 1 aromatic carbocycles. The van der Waals surface area contributed by atoms with Gasteiger partial charge in [-0.3, -0.25) is 4.98 Å². The number of rotatable bonds is 12. The number of aliphatic hydroxyl groups is 2. The van der Waals surface area contributed by atoms with Crippen molar-refractivity contribution in [3.63, 3.8) is 0 Å². The van der Waals surface area contributed by atoms with E-state index < -0.39 is 0 Å². The molecule has 0 bridgehead atoms. The van der Waals surface area contributed by atoms with Crippen LogP contribution in [0.4, 0.5) is 5.69 Å². The van der Waals surface area contributed by atoms with Crippen molar-refractivity contribution in [2.75, 3.05) is 44.4 Å². The van der Waals surface area contributed by atoms with Crippen LogP contribution in [0.1, 0.15) is 30.7 Å². The van der Waals surface area contributed by atoms with Crippen molar-refractivity contribution in [3.05, 3.63) is 59.4 Å². The van der Waals surface area contributed by atoms with E-state index >= 15 is 0 Å². The van der Waals surface area contributed by atoms with Gasteiger partial charge in [0, 0.05) is 43.2 Å². The monoisotopic (exact) mass is 398 g/mol. The summed E-state index contributed by atoms with van der Waals surface area (Å²) in [6.07, 6.45) is 5.98. The smallest absolute Gasteiger partial charge is 0.0641 e. The minimum atomic E-state index is 0.0906. The molecule has 2 N–H and O–H groups in total. The zero-order chi connectivity index (χ0) is 21.1. The summed E-state index contributed by atoms with van der Waals surface area (Å²) in [6.45, 7) is 8.76. The fraction of sp³-hybridized carbons (Fsp3) is 0.458. The molecule has 2 rings (SSSR count). The minimum absolute atomic E-state index is 0.0906. The number of hydrogen-bond acceptors (Lipinski definition) is 5. The Bertz CT molecular complexity index is 727. The normalized spacial score (nSPS) is 12.6. The van der Waals surface area contributed by atoms with Crippen LogP contribution in [0.15, 0.2) is 42.6 Å². The molecular weight excluding hydrogens is 364 g/mol. The summed E-state index contributed by atoms with van der Waals surface area (Å²) in [5, 5.41) is 18.8. The molecule has 0 saturated heterocycles. The molecule has 0 aliphatic carbocycles. The molecule has 0 fully saturated rings. The number of ether oxygens (including phenoxy) is 1. The first kappa shape index (κ1) is 23.1. The number of aryl methyl sites for hydroxylation is 1. The molecule has 1 unspecified atom stereocenters. The quantitative estimate of drug-likeness (QED) is 0.535. The van der Waals surface area contributed by atoms with E-state index in [4.69, 9.17) is 4.74 Å². The van der Waals surface area contributed by atoms with E-state index in [0.717, 1.165) is 22.5 Å². The molecule has 0 aliphatic rings. The summed E-state index contributed by atoms with van der Waals surface area (Å²) >= 11 is 0. The molecule has 0 spiro atoms. The third-order valence-electron chi connectivity index (χ3n) is 5.05. The zero-order valence-electron chi connectivity index (χ0n) is 17.8. The lowest BCUT2D eigenvalue weighted by molar-refractivity contribution is 0.0569. The molecule has 29 heavy (non-hydrogen) atoms. The van der Waals surface area contributed by atoms with Gasteiger partial charge in [-0.05, 0) is 42.2 Å². The van der Waals surface area contributed by atoms with Crippen molar-refractivity contribution in [1.29, 1.82) is 0 Å². The molecule has 0 aliphatic heterocycles. The van der Waals surface area contributed by atoms with Crippen molar-refractivity contribution in [2.24, 2.45) is 11.8 Å². The molecule has 0 amide bonds. The SMILES string of the molecule is Cc1ccc(C=Cc2ccc(N(CCO)CCOCC(CO)C(C)C)cc2)cn1. The molecule has 5 heteroatoms. The van der Waals surface area contributed by atoms with Gasteiger partial charge in [0.05, 0.1) is 19.8 Å². The molecule has 0 radical (unpaired) electrons. The Morgan fingerprint density at radius 3 is 2.28 bits per heavy atom. The lowest BCUT2D eigenvalue weighted by Crippen LogP contribution is -2.31. The Balaban J connectivity index is 1.90. The summed E-state index contributed by atoms with van der Waals surface area (Å²) in [7, 11) is 0. The number of aliphatic hydroxyl groups excluding tert-OH is 2. The van der Waals surface area contributed by atoms with Gasteiger partial charge >= 0.3 is 0 Å². The van der Waals surface area contributed by atoms with Gasteiger partial charge in [0.25, 0.3) is 0 Å². The van der Waals surface area contributed by atoms with Crippen molar-refractivity contribution in [1.82, 2.24) is 4.98 Å². The Morgan fingerprint density at radius 2 is 1.69 bits per heavy atom. The molecule has 1 aromatic heterocycles. The summed E-state index contributed by atoms with van der Waals surface area (Å²) in [5.74, 6) is 0.556. The van der Waals surface area contributed by atoms with Crippen LogP contribution >= 0.6 is 0 Å². The summed E-state index contributed by atoms with van der Waals surface area (Å²) < 4.78 is 5.77. The maximum Gasteiger partial charge on any atom is 0.0641 e. The third kappa shape index (κ3) is 7.97. The predicted octanol–water partition coefficient (Wildman–Crippen LogP) is 3.64. The molecule has 2 aromatic rings. The van der Waals surface area contributed by atoms with Gasteiger partial charge in [-0.15, -0.1) is 0 Å². The van der Waals surface area contributed by atoms with Gasteiger partial charge < -0.3 is 19.8 Å². The summed E-state index contributed by atoms with van der Waals surface area (Å²) in [5.41, 5.74) is 4.24. The lowest BCUT2D eigenvalue weighted by atomic mass is 9.98. The van der Waals surface area contributed by atoms with Crippen LogP contribution in [-0.4, -0.2) is 54.7 Å². The molecular formula is C24H34N2O3. The Morgan fingerprint density at radius 1 is 1.00 bits per heavy atom. The van der Waals surface area contributed by atoms with Gasteiger partial charge in [0.2, 0.25) is 0 Å². The Labute approximate surface area is 174 Å². The maximum absolute atomic E-state index is 9.41. The first-order valence-electron chi connectivity index (χ1n) is 10.3. The van der Waals surface area contributed by atoms with Crippen LogP contribution < -0.4 is 4.90 Å². The number of nitrogens with zero attached hydrogens (tertiary/aromatic N) is 2. The van der Waals surface area contributed by atoms with Crippen molar-refractivity contribution in [2.45, 2.75) is 20.8 Å². The van der Waals surface area contributed by atoms with Crippen LogP contribution in [-0.2, 0) is 4.74 Å². The Kier molecular flexibility index (Phi) is 9.84. The summed E-state index contributed by atoms with van der Waals surface area (Å²) in [4.78, 5) is 6.41. The van der Waals surface area contributed by atoms with Crippen LogP contribution in [0.25, 0.3) is 12.2 Å². The highest BCUT2D eigenvalue weighted by Crippen LogP contribution is 2.17. The molecule has 158 valence electrons. The second kappa shape index (κ2) is 12.4. The first-order chi connectivity index (χ1) is 14.0. The number of aromatic nitrogens is 1. The second-order valence-electron chi connectivity index (χ2n) is 7.63. The highest BCUT2D eigenvalue weighted by molar-refractivity contribution is 5.70. The van der Waals surface area contributed by atoms with Gasteiger partial charge in [0.1, 0.15) is 0 Å². The first-order valence-corrected chi connectivity index (χ1v) is 10.3. The van der Waals surface area contributed by atoms with E-state index in [1.165, 1.54) is 0 Å². The van der Waals surface area contributed by atoms with Gasteiger partial charge in [-0.1, -0.05) is 44.2 Å². The Hall–Kier alpha value is -2.21. The fourth-order valence-electron chi connectivity index (χ4n) is 2.92. The van der Waals surface area contributed by atoms with E-state index in [2.05, 4.69) is 60.1 Å². The fourth-order valence-corrected chi connectivity index (χ4v) is 2.92. The number of pyridine rings is 1. The highest BCUT2D eigenvalue weighted by Gasteiger charge is 2.12. The average Bonchev–Trinajstić information content (AvgIpc) is 2.72. The number of anilines is 1. The second-order valence-corrected chi connectivity index (χ2v) is 7.63. The van der Waals surface area contributed by atoms with Crippen molar-refractivity contribution >= 4 is 17.8 Å². The highest BCUT2D eigenvalue weighted by atomic mass is 16.5. The van der Waals surface area contributed by atoms with Crippen LogP contribution in [0.5, 0.6) is 0 Å². The molecule has 1 heterocycles. The average molecular weight is 399 g/mol. The number of hydrogen-bond donors (Lipinski definition) is 2. The van der Waals surface area contributed by atoms with E-state index in [0.29, 0.717) is 32.2 Å². The van der Waals surface area contributed by atoms with E-state index in [1.807, 2.05) is 25.3 Å².